The van der Waals surface area contributed by atoms with Crippen molar-refractivity contribution in [2.24, 2.45) is 5.92 Å². The molecule has 2 heterocycles. The van der Waals surface area contributed by atoms with Gasteiger partial charge in [-0.15, -0.1) is 0 Å². The zero-order valence-corrected chi connectivity index (χ0v) is 15.7. The van der Waals surface area contributed by atoms with Crippen molar-refractivity contribution in [1.82, 2.24) is 10.2 Å². The van der Waals surface area contributed by atoms with Gasteiger partial charge in [0.2, 0.25) is 5.91 Å². The second-order valence-corrected chi connectivity index (χ2v) is 7.79. The number of likely N-dealkylation sites (tertiary alicyclic amines) is 1. The number of amides is 1. The van der Waals surface area contributed by atoms with Gasteiger partial charge >= 0.3 is 0 Å². The fourth-order valence-corrected chi connectivity index (χ4v) is 4.23. The number of aryl methyl sites for hydroxylation is 1. The standard InChI is InChI=1S/C21H32N2O2/c1-17-7-12-23(13-8-17)14-11-22-20(24)21(9-15-25-16-10-21)19-6-4-3-5-18(19)2/h3-6,17H,7-16H2,1-2H3,(H,22,24). The van der Waals surface area contributed by atoms with Gasteiger partial charge in [-0.3, -0.25) is 4.79 Å². The topological polar surface area (TPSA) is 41.6 Å². The molecule has 0 unspecified atom stereocenters. The molecule has 4 nitrogen and oxygen atoms in total. The summed E-state index contributed by atoms with van der Waals surface area (Å²) in [5.74, 6) is 1.02. The number of benzene rings is 1. The summed E-state index contributed by atoms with van der Waals surface area (Å²) in [6, 6.07) is 8.31. The highest BCUT2D eigenvalue weighted by molar-refractivity contribution is 5.88. The molecule has 2 fully saturated rings. The SMILES string of the molecule is Cc1ccccc1C1(C(=O)NCCN2CCC(C)CC2)CCOCC1. The first-order chi connectivity index (χ1) is 12.1. The summed E-state index contributed by atoms with van der Waals surface area (Å²) >= 11 is 0. The molecule has 0 aliphatic carbocycles. The molecule has 2 aliphatic rings. The van der Waals surface area contributed by atoms with Crippen molar-refractivity contribution >= 4 is 5.91 Å². The third-order valence-corrected chi connectivity index (χ3v) is 6.03. The number of nitrogens with one attached hydrogen (secondary N) is 1. The molecule has 1 aromatic carbocycles. The smallest absolute Gasteiger partial charge is 0.230 e. The molecular weight excluding hydrogens is 312 g/mol. The number of carbonyl (C=O) groups is 1. The van der Waals surface area contributed by atoms with Crippen LogP contribution in [0.3, 0.4) is 0 Å². The van der Waals surface area contributed by atoms with E-state index in [2.05, 4.69) is 36.2 Å². The molecule has 25 heavy (non-hydrogen) atoms. The van der Waals surface area contributed by atoms with Gasteiger partial charge in [0.15, 0.2) is 0 Å². The molecular formula is C21H32N2O2. The van der Waals surface area contributed by atoms with Gasteiger partial charge in [-0.25, -0.2) is 0 Å². The molecule has 4 heteroatoms. The fourth-order valence-electron chi connectivity index (χ4n) is 4.23. The number of ether oxygens (including phenoxy) is 1. The fraction of sp³-hybridized carbons (Fsp3) is 0.667. The maximum absolute atomic E-state index is 13.2. The van der Waals surface area contributed by atoms with Crippen LogP contribution in [-0.4, -0.2) is 50.2 Å². The maximum atomic E-state index is 13.2. The minimum atomic E-state index is -0.431. The number of piperidine rings is 1. The number of carbonyl (C=O) groups excluding carboxylic acids is 1. The molecule has 0 saturated carbocycles. The highest BCUT2D eigenvalue weighted by atomic mass is 16.5. The first kappa shape index (κ1) is 18.4. The largest absolute Gasteiger partial charge is 0.381 e. The van der Waals surface area contributed by atoms with E-state index < -0.39 is 5.41 Å². The van der Waals surface area contributed by atoms with Crippen LogP contribution < -0.4 is 5.32 Å². The van der Waals surface area contributed by atoms with Crippen LogP contribution in [0.2, 0.25) is 0 Å². The first-order valence-electron chi connectivity index (χ1n) is 9.76. The molecule has 138 valence electrons. The van der Waals surface area contributed by atoms with Crippen molar-refractivity contribution in [2.45, 2.75) is 44.9 Å². The van der Waals surface area contributed by atoms with E-state index in [0.717, 1.165) is 44.9 Å². The number of nitrogens with zero attached hydrogens (tertiary/aromatic N) is 1. The van der Waals surface area contributed by atoms with Gasteiger partial charge in [-0.05, 0) is 62.7 Å². The van der Waals surface area contributed by atoms with Gasteiger partial charge in [-0.1, -0.05) is 31.2 Å². The van der Waals surface area contributed by atoms with Crippen molar-refractivity contribution in [3.05, 3.63) is 35.4 Å². The Hall–Kier alpha value is -1.39. The Morgan fingerprint density at radius 3 is 2.60 bits per heavy atom. The zero-order chi connectivity index (χ0) is 17.7. The minimum absolute atomic E-state index is 0.176. The second kappa shape index (κ2) is 8.33. The van der Waals surface area contributed by atoms with E-state index in [1.54, 1.807) is 0 Å². The highest BCUT2D eigenvalue weighted by Crippen LogP contribution is 2.36. The lowest BCUT2D eigenvalue weighted by atomic mass is 9.72. The summed E-state index contributed by atoms with van der Waals surface area (Å²) < 4.78 is 5.56. The summed E-state index contributed by atoms with van der Waals surface area (Å²) in [7, 11) is 0. The second-order valence-electron chi connectivity index (χ2n) is 7.79. The average Bonchev–Trinajstić information content (AvgIpc) is 2.64. The average molecular weight is 344 g/mol. The molecule has 0 aromatic heterocycles. The number of hydrogen-bond donors (Lipinski definition) is 1. The Morgan fingerprint density at radius 1 is 1.24 bits per heavy atom. The normalized spacial score (nSPS) is 21.8. The van der Waals surface area contributed by atoms with Crippen molar-refractivity contribution in [2.75, 3.05) is 39.4 Å². The summed E-state index contributed by atoms with van der Waals surface area (Å²) in [6.45, 7) is 9.77. The Balaban J connectivity index is 1.63. The third-order valence-electron chi connectivity index (χ3n) is 6.03. The molecule has 2 saturated heterocycles. The summed E-state index contributed by atoms with van der Waals surface area (Å²) in [4.78, 5) is 15.7. The van der Waals surface area contributed by atoms with Crippen LogP contribution in [0.15, 0.2) is 24.3 Å². The first-order valence-corrected chi connectivity index (χ1v) is 9.76. The Morgan fingerprint density at radius 2 is 1.92 bits per heavy atom. The lowest BCUT2D eigenvalue weighted by Gasteiger charge is -2.37. The van der Waals surface area contributed by atoms with Gasteiger partial charge in [-0.2, -0.15) is 0 Å². The van der Waals surface area contributed by atoms with E-state index in [4.69, 9.17) is 4.74 Å². The van der Waals surface area contributed by atoms with Crippen LogP contribution in [0, 0.1) is 12.8 Å². The zero-order valence-electron chi connectivity index (χ0n) is 15.7. The summed E-state index contributed by atoms with van der Waals surface area (Å²) in [5, 5.41) is 3.24. The van der Waals surface area contributed by atoms with Crippen molar-refractivity contribution < 1.29 is 9.53 Å². The van der Waals surface area contributed by atoms with Gasteiger partial charge < -0.3 is 15.0 Å². The van der Waals surface area contributed by atoms with E-state index >= 15 is 0 Å². The molecule has 0 radical (unpaired) electrons. The van der Waals surface area contributed by atoms with Crippen LogP contribution in [0.5, 0.6) is 0 Å². The van der Waals surface area contributed by atoms with Gasteiger partial charge in [0.25, 0.3) is 0 Å². The lowest BCUT2D eigenvalue weighted by molar-refractivity contribution is -0.130. The molecule has 2 aliphatic heterocycles. The Bertz CT molecular complexity index is 573. The predicted octanol–water partition coefficient (Wildman–Crippen LogP) is 2.89. The van der Waals surface area contributed by atoms with E-state index in [0.29, 0.717) is 13.2 Å². The van der Waals surface area contributed by atoms with Crippen LogP contribution in [0.25, 0.3) is 0 Å². The molecule has 0 bridgehead atoms. The van der Waals surface area contributed by atoms with E-state index in [9.17, 15) is 4.79 Å². The van der Waals surface area contributed by atoms with Crippen LogP contribution in [0.1, 0.15) is 43.7 Å². The molecule has 1 aromatic rings. The van der Waals surface area contributed by atoms with E-state index in [-0.39, 0.29) is 5.91 Å². The molecule has 1 amide bonds. The van der Waals surface area contributed by atoms with Gasteiger partial charge in [0.05, 0.1) is 5.41 Å². The molecule has 3 rings (SSSR count). The van der Waals surface area contributed by atoms with Crippen molar-refractivity contribution in [1.29, 1.82) is 0 Å². The molecule has 1 N–H and O–H groups in total. The van der Waals surface area contributed by atoms with E-state index in [1.165, 1.54) is 24.0 Å². The Kier molecular flexibility index (Phi) is 6.13. The van der Waals surface area contributed by atoms with Crippen LogP contribution in [-0.2, 0) is 14.9 Å². The molecule has 0 spiro atoms. The maximum Gasteiger partial charge on any atom is 0.230 e. The van der Waals surface area contributed by atoms with Crippen molar-refractivity contribution in [3.8, 4) is 0 Å². The summed E-state index contributed by atoms with van der Waals surface area (Å²) in [6.07, 6.45) is 4.09. The predicted molar refractivity (Wildman–Crippen MR) is 101 cm³/mol. The number of rotatable bonds is 5. The highest BCUT2D eigenvalue weighted by Gasteiger charge is 2.42. The number of hydrogen-bond acceptors (Lipinski definition) is 3. The summed E-state index contributed by atoms with van der Waals surface area (Å²) in [5.41, 5.74) is 1.94. The lowest BCUT2D eigenvalue weighted by Crippen LogP contribution is -2.50. The Labute approximate surface area is 151 Å². The van der Waals surface area contributed by atoms with Crippen molar-refractivity contribution in [3.63, 3.8) is 0 Å². The monoisotopic (exact) mass is 344 g/mol. The minimum Gasteiger partial charge on any atom is -0.381 e. The van der Waals surface area contributed by atoms with E-state index in [1.807, 2.05) is 12.1 Å². The third kappa shape index (κ3) is 4.24. The van der Waals surface area contributed by atoms with Crippen LogP contribution >= 0.6 is 0 Å². The quantitative estimate of drug-likeness (QED) is 0.893. The van der Waals surface area contributed by atoms with Crippen LogP contribution in [0.4, 0.5) is 0 Å². The van der Waals surface area contributed by atoms with Gasteiger partial charge in [0, 0.05) is 26.3 Å². The molecule has 0 atom stereocenters. The van der Waals surface area contributed by atoms with Gasteiger partial charge in [0.1, 0.15) is 0 Å².